The summed E-state index contributed by atoms with van der Waals surface area (Å²) in [5, 5.41) is 4.01. The predicted molar refractivity (Wildman–Crippen MR) is 77.4 cm³/mol. The molecule has 3 rings (SSSR count). The Labute approximate surface area is 121 Å². The number of piperazine rings is 1. The Morgan fingerprint density at radius 2 is 2.00 bits per heavy atom. The van der Waals surface area contributed by atoms with Crippen LogP contribution in [0.5, 0.6) is 5.75 Å². The molecule has 0 aliphatic carbocycles. The predicted octanol–water partition coefficient (Wildman–Crippen LogP) is 0.604. The van der Waals surface area contributed by atoms with Gasteiger partial charge in [0, 0.05) is 43.7 Å². The van der Waals surface area contributed by atoms with Gasteiger partial charge < -0.3 is 19.4 Å². The number of amides is 1. The fraction of sp³-hybridized carbons (Fsp3) is 0.333. The first-order chi connectivity index (χ1) is 10.2. The number of benzene rings is 1. The Kier molecular flexibility index (Phi) is 3.87. The van der Waals surface area contributed by atoms with Gasteiger partial charge in [-0.2, -0.15) is 0 Å². The monoisotopic (exact) mass is 288 g/mol. The van der Waals surface area contributed by atoms with Gasteiger partial charge in [-0.25, -0.2) is 4.79 Å². The maximum absolute atomic E-state index is 12.0. The summed E-state index contributed by atoms with van der Waals surface area (Å²) < 4.78 is 10.6. The van der Waals surface area contributed by atoms with E-state index in [0.29, 0.717) is 24.4 Å². The number of carbonyl (C=O) groups is 1. The largest absolute Gasteiger partial charge is 0.484 e. The number of fused-ring (bicyclic) bond motifs is 1. The molecule has 0 spiro atoms. The summed E-state index contributed by atoms with van der Waals surface area (Å²) in [5.41, 5.74) is 0.0474. The third-order valence-corrected chi connectivity index (χ3v) is 3.43. The molecule has 1 aliphatic heterocycles. The van der Waals surface area contributed by atoms with Crippen molar-refractivity contribution in [2.24, 2.45) is 0 Å². The zero-order valence-electron chi connectivity index (χ0n) is 11.5. The van der Waals surface area contributed by atoms with E-state index in [9.17, 15) is 9.59 Å². The summed E-state index contributed by atoms with van der Waals surface area (Å²) in [6.07, 6.45) is 0. The molecular weight excluding hydrogens is 272 g/mol. The van der Waals surface area contributed by atoms with Gasteiger partial charge in [-0.05, 0) is 18.2 Å². The molecule has 2 aromatic rings. The topological polar surface area (TPSA) is 71.8 Å². The first kappa shape index (κ1) is 13.6. The van der Waals surface area contributed by atoms with E-state index in [4.69, 9.17) is 9.15 Å². The molecule has 6 nitrogen and oxygen atoms in total. The molecule has 1 saturated heterocycles. The van der Waals surface area contributed by atoms with E-state index in [1.54, 1.807) is 29.2 Å². The average Bonchev–Trinajstić information content (AvgIpc) is 2.53. The first-order valence-electron chi connectivity index (χ1n) is 6.87. The second kappa shape index (κ2) is 5.97. The van der Waals surface area contributed by atoms with E-state index >= 15 is 0 Å². The van der Waals surface area contributed by atoms with Crippen LogP contribution in [0.4, 0.5) is 0 Å². The van der Waals surface area contributed by atoms with Crippen LogP contribution in [0.2, 0.25) is 0 Å². The summed E-state index contributed by atoms with van der Waals surface area (Å²) in [6, 6.07) is 8.24. The molecular formula is C15H16N2O4. The van der Waals surface area contributed by atoms with Crippen LogP contribution in [-0.4, -0.2) is 43.6 Å². The summed E-state index contributed by atoms with van der Waals surface area (Å²) in [6.45, 7) is 3.02. The lowest BCUT2D eigenvalue weighted by Gasteiger charge is -2.27. The van der Waals surface area contributed by atoms with Gasteiger partial charge in [0.2, 0.25) is 0 Å². The van der Waals surface area contributed by atoms with E-state index < -0.39 is 5.63 Å². The fourth-order valence-corrected chi connectivity index (χ4v) is 2.28. The van der Waals surface area contributed by atoms with Gasteiger partial charge in [-0.1, -0.05) is 0 Å². The highest BCUT2D eigenvalue weighted by molar-refractivity contribution is 5.79. The smallest absolute Gasteiger partial charge is 0.336 e. The second-order valence-electron chi connectivity index (χ2n) is 4.87. The minimum atomic E-state index is -0.406. The number of carbonyl (C=O) groups excluding carboxylic acids is 1. The molecule has 1 N–H and O–H groups in total. The molecule has 2 heterocycles. The molecule has 1 amide bonds. The minimum absolute atomic E-state index is 0.0113. The lowest BCUT2D eigenvalue weighted by atomic mass is 10.2. The quantitative estimate of drug-likeness (QED) is 0.838. The van der Waals surface area contributed by atoms with Crippen molar-refractivity contribution >= 4 is 16.9 Å². The van der Waals surface area contributed by atoms with Crippen LogP contribution in [0, 0.1) is 0 Å². The second-order valence-corrected chi connectivity index (χ2v) is 4.87. The maximum atomic E-state index is 12.0. The van der Waals surface area contributed by atoms with Crippen LogP contribution >= 0.6 is 0 Å². The number of nitrogens with one attached hydrogen (secondary N) is 1. The highest BCUT2D eigenvalue weighted by atomic mass is 16.5. The van der Waals surface area contributed by atoms with Gasteiger partial charge in [0.25, 0.3) is 5.91 Å². The standard InChI is InChI=1S/C15H16N2O4/c18-14(17-7-5-16-6-8-17)10-20-12-3-1-11-2-4-15(19)21-13(11)9-12/h1-4,9,16H,5-8,10H2. The molecule has 21 heavy (non-hydrogen) atoms. The third-order valence-electron chi connectivity index (χ3n) is 3.43. The van der Waals surface area contributed by atoms with Crippen molar-refractivity contribution in [3.05, 3.63) is 40.8 Å². The van der Waals surface area contributed by atoms with E-state index in [-0.39, 0.29) is 12.5 Å². The van der Waals surface area contributed by atoms with Crippen molar-refractivity contribution in [1.29, 1.82) is 0 Å². The van der Waals surface area contributed by atoms with Gasteiger partial charge in [0.05, 0.1) is 0 Å². The summed E-state index contributed by atoms with van der Waals surface area (Å²) >= 11 is 0. The van der Waals surface area contributed by atoms with Crippen molar-refractivity contribution < 1.29 is 13.9 Å². The molecule has 0 unspecified atom stereocenters. The van der Waals surface area contributed by atoms with E-state index in [1.807, 2.05) is 0 Å². The van der Waals surface area contributed by atoms with Gasteiger partial charge in [-0.3, -0.25) is 4.79 Å². The molecule has 1 fully saturated rings. The zero-order valence-corrected chi connectivity index (χ0v) is 11.5. The van der Waals surface area contributed by atoms with Crippen LogP contribution in [0.25, 0.3) is 11.0 Å². The highest BCUT2D eigenvalue weighted by Crippen LogP contribution is 2.19. The van der Waals surface area contributed by atoms with Crippen molar-refractivity contribution in [2.75, 3.05) is 32.8 Å². The highest BCUT2D eigenvalue weighted by Gasteiger charge is 2.16. The molecule has 1 aliphatic rings. The number of hydrogen-bond donors (Lipinski definition) is 1. The first-order valence-corrected chi connectivity index (χ1v) is 6.87. The van der Waals surface area contributed by atoms with Crippen LogP contribution < -0.4 is 15.7 Å². The lowest BCUT2D eigenvalue weighted by Crippen LogP contribution is -2.47. The van der Waals surface area contributed by atoms with Crippen molar-refractivity contribution in [1.82, 2.24) is 10.2 Å². The molecule has 6 heteroatoms. The molecule has 1 aromatic heterocycles. The van der Waals surface area contributed by atoms with Crippen LogP contribution in [0.15, 0.2) is 39.5 Å². The summed E-state index contributed by atoms with van der Waals surface area (Å²) in [5.74, 6) is 0.478. The number of hydrogen-bond acceptors (Lipinski definition) is 5. The molecule has 0 bridgehead atoms. The normalized spacial score (nSPS) is 15.1. The fourth-order valence-electron chi connectivity index (χ4n) is 2.28. The van der Waals surface area contributed by atoms with E-state index in [1.165, 1.54) is 6.07 Å². The van der Waals surface area contributed by atoms with E-state index in [2.05, 4.69) is 5.32 Å². The summed E-state index contributed by atoms with van der Waals surface area (Å²) in [4.78, 5) is 25.0. The Balaban J connectivity index is 1.67. The van der Waals surface area contributed by atoms with Crippen LogP contribution in [0.1, 0.15) is 0 Å². The average molecular weight is 288 g/mol. The molecule has 0 saturated carbocycles. The van der Waals surface area contributed by atoms with Crippen molar-refractivity contribution in [3.63, 3.8) is 0 Å². The van der Waals surface area contributed by atoms with Crippen LogP contribution in [0.3, 0.4) is 0 Å². The number of rotatable bonds is 3. The number of nitrogens with zero attached hydrogens (tertiary/aromatic N) is 1. The Hall–Kier alpha value is -2.34. The molecule has 110 valence electrons. The molecule has 1 aromatic carbocycles. The Morgan fingerprint density at radius 1 is 1.24 bits per heavy atom. The van der Waals surface area contributed by atoms with E-state index in [0.717, 1.165) is 18.5 Å². The zero-order chi connectivity index (χ0) is 14.7. The lowest BCUT2D eigenvalue weighted by molar-refractivity contribution is -0.133. The van der Waals surface area contributed by atoms with Gasteiger partial charge in [0.1, 0.15) is 11.3 Å². The Morgan fingerprint density at radius 3 is 2.81 bits per heavy atom. The maximum Gasteiger partial charge on any atom is 0.336 e. The van der Waals surface area contributed by atoms with Crippen molar-refractivity contribution in [3.8, 4) is 5.75 Å². The van der Waals surface area contributed by atoms with Crippen molar-refractivity contribution in [2.45, 2.75) is 0 Å². The van der Waals surface area contributed by atoms with Gasteiger partial charge in [-0.15, -0.1) is 0 Å². The minimum Gasteiger partial charge on any atom is -0.484 e. The van der Waals surface area contributed by atoms with Crippen LogP contribution in [-0.2, 0) is 4.79 Å². The summed E-state index contributed by atoms with van der Waals surface area (Å²) in [7, 11) is 0. The number of ether oxygens (including phenoxy) is 1. The molecule has 0 atom stereocenters. The van der Waals surface area contributed by atoms with Gasteiger partial charge >= 0.3 is 5.63 Å². The SMILES string of the molecule is O=C(COc1ccc2ccc(=O)oc2c1)N1CCNCC1. The van der Waals surface area contributed by atoms with Gasteiger partial charge in [0.15, 0.2) is 6.61 Å². The third kappa shape index (κ3) is 3.22. The molecule has 0 radical (unpaired) electrons. The Bertz CT molecular complexity index is 704.